The lowest BCUT2D eigenvalue weighted by Gasteiger charge is -1.99. The molecule has 0 aliphatic carbocycles. The summed E-state index contributed by atoms with van der Waals surface area (Å²) >= 11 is 0. The van der Waals surface area contributed by atoms with Crippen molar-refractivity contribution in [2.24, 2.45) is 0 Å². The van der Waals surface area contributed by atoms with E-state index in [-0.39, 0.29) is 0 Å². The van der Waals surface area contributed by atoms with Crippen LogP contribution in [0.1, 0.15) is 11.1 Å². The van der Waals surface area contributed by atoms with E-state index in [0.717, 1.165) is 23.7 Å². The minimum Gasteiger partial charge on any atom is -0.303 e. The van der Waals surface area contributed by atoms with Gasteiger partial charge in [0.15, 0.2) is 0 Å². The monoisotopic (exact) mass is 174 g/mol. The number of carbonyl (C=O) groups is 2. The zero-order valence-electron chi connectivity index (χ0n) is 7.14. The SMILES string of the molecule is O=CC=Cc1ccccc1CC=O. The number of hydrogen-bond donors (Lipinski definition) is 0. The zero-order chi connectivity index (χ0) is 9.52. The first-order valence-electron chi connectivity index (χ1n) is 4.02. The summed E-state index contributed by atoms with van der Waals surface area (Å²) in [7, 11) is 0. The molecule has 0 aliphatic heterocycles. The highest BCUT2D eigenvalue weighted by molar-refractivity contribution is 5.75. The maximum absolute atomic E-state index is 10.3. The van der Waals surface area contributed by atoms with Crippen molar-refractivity contribution in [3.8, 4) is 0 Å². The summed E-state index contributed by atoms with van der Waals surface area (Å²) in [6, 6.07) is 7.49. The molecule has 2 nitrogen and oxygen atoms in total. The second kappa shape index (κ2) is 5.04. The van der Waals surface area contributed by atoms with Gasteiger partial charge >= 0.3 is 0 Å². The van der Waals surface area contributed by atoms with Crippen LogP contribution in [0.15, 0.2) is 30.3 Å². The first-order chi connectivity index (χ1) is 6.38. The zero-order valence-corrected chi connectivity index (χ0v) is 7.14. The molecule has 1 rings (SSSR count). The van der Waals surface area contributed by atoms with Crippen molar-refractivity contribution in [2.45, 2.75) is 6.42 Å². The van der Waals surface area contributed by atoms with Crippen LogP contribution in [0, 0.1) is 0 Å². The molecule has 0 amide bonds. The van der Waals surface area contributed by atoms with E-state index in [0.29, 0.717) is 6.42 Å². The third kappa shape index (κ3) is 2.67. The van der Waals surface area contributed by atoms with Crippen molar-refractivity contribution in [3.05, 3.63) is 41.5 Å². The third-order valence-electron chi connectivity index (χ3n) is 1.71. The summed E-state index contributed by atoms with van der Waals surface area (Å²) in [5.41, 5.74) is 1.86. The number of hydrogen-bond acceptors (Lipinski definition) is 2. The molecule has 0 saturated carbocycles. The van der Waals surface area contributed by atoms with E-state index in [4.69, 9.17) is 0 Å². The van der Waals surface area contributed by atoms with Gasteiger partial charge in [0.1, 0.15) is 12.6 Å². The predicted molar refractivity (Wildman–Crippen MR) is 51.3 cm³/mol. The molecule has 0 unspecified atom stereocenters. The molecular formula is C11H10O2. The first kappa shape index (κ1) is 9.39. The Morgan fingerprint density at radius 3 is 2.62 bits per heavy atom. The maximum atomic E-state index is 10.3. The molecule has 0 N–H and O–H groups in total. The van der Waals surface area contributed by atoms with E-state index in [9.17, 15) is 9.59 Å². The highest BCUT2D eigenvalue weighted by atomic mass is 16.1. The smallest absolute Gasteiger partial charge is 0.142 e. The molecule has 0 radical (unpaired) electrons. The van der Waals surface area contributed by atoms with E-state index in [1.54, 1.807) is 6.08 Å². The second-order valence-electron chi connectivity index (χ2n) is 2.56. The molecule has 0 aromatic heterocycles. The lowest BCUT2D eigenvalue weighted by Crippen LogP contribution is -1.89. The fourth-order valence-electron chi connectivity index (χ4n) is 1.12. The van der Waals surface area contributed by atoms with Gasteiger partial charge in [-0.3, -0.25) is 4.79 Å². The Morgan fingerprint density at radius 2 is 1.92 bits per heavy atom. The summed E-state index contributed by atoms with van der Waals surface area (Å²) in [6.07, 6.45) is 5.08. The standard InChI is InChI=1S/C11H10O2/c12-8-3-6-10-4-1-2-5-11(10)7-9-13/h1-6,8-9H,7H2. The predicted octanol–water partition coefficient (Wildman–Crippen LogP) is 1.64. The number of carbonyl (C=O) groups excluding carboxylic acids is 2. The normalized spacial score (nSPS) is 10.2. The number of rotatable bonds is 4. The first-order valence-corrected chi connectivity index (χ1v) is 4.02. The van der Waals surface area contributed by atoms with Gasteiger partial charge in [-0.25, -0.2) is 0 Å². The van der Waals surface area contributed by atoms with E-state index >= 15 is 0 Å². The minimum atomic E-state index is 0.388. The Labute approximate surface area is 76.9 Å². The van der Waals surface area contributed by atoms with Gasteiger partial charge in [-0.15, -0.1) is 0 Å². The lowest BCUT2D eigenvalue weighted by molar-refractivity contribution is -0.107. The Balaban J connectivity index is 2.96. The number of aldehydes is 2. The van der Waals surface area contributed by atoms with Gasteiger partial charge in [-0.05, 0) is 17.2 Å². The Morgan fingerprint density at radius 1 is 1.15 bits per heavy atom. The maximum Gasteiger partial charge on any atom is 0.142 e. The highest BCUT2D eigenvalue weighted by Crippen LogP contribution is 2.10. The molecular weight excluding hydrogens is 164 g/mol. The minimum absolute atomic E-state index is 0.388. The van der Waals surface area contributed by atoms with Crippen LogP contribution in [0.25, 0.3) is 6.08 Å². The van der Waals surface area contributed by atoms with E-state index in [2.05, 4.69) is 0 Å². The van der Waals surface area contributed by atoms with Gasteiger partial charge < -0.3 is 4.79 Å². The summed E-state index contributed by atoms with van der Waals surface area (Å²) in [5, 5.41) is 0. The third-order valence-corrected chi connectivity index (χ3v) is 1.71. The average molecular weight is 174 g/mol. The van der Waals surface area contributed by atoms with Crippen molar-refractivity contribution in [2.75, 3.05) is 0 Å². The van der Waals surface area contributed by atoms with Crippen molar-refractivity contribution in [1.82, 2.24) is 0 Å². The summed E-state index contributed by atoms with van der Waals surface area (Å²) < 4.78 is 0. The van der Waals surface area contributed by atoms with Crippen molar-refractivity contribution >= 4 is 18.6 Å². The van der Waals surface area contributed by atoms with Crippen LogP contribution in [-0.4, -0.2) is 12.6 Å². The topological polar surface area (TPSA) is 34.1 Å². The Bertz CT molecular complexity index is 327. The number of allylic oxidation sites excluding steroid dienone is 1. The molecule has 1 aromatic rings. The molecule has 0 aliphatic rings. The van der Waals surface area contributed by atoms with Gasteiger partial charge in [0.05, 0.1) is 0 Å². The van der Waals surface area contributed by atoms with Gasteiger partial charge in [-0.2, -0.15) is 0 Å². The molecule has 0 bridgehead atoms. The van der Waals surface area contributed by atoms with Crippen LogP contribution < -0.4 is 0 Å². The summed E-state index contributed by atoms with van der Waals surface area (Å²) in [6.45, 7) is 0. The molecule has 0 heterocycles. The lowest BCUT2D eigenvalue weighted by atomic mass is 10.1. The van der Waals surface area contributed by atoms with Gasteiger partial charge in [-0.1, -0.05) is 30.3 Å². The fraction of sp³-hybridized carbons (Fsp3) is 0.0909. The second-order valence-corrected chi connectivity index (χ2v) is 2.56. The summed E-state index contributed by atoms with van der Waals surface area (Å²) in [4.78, 5) is 20.4. The van der Waals surface area contributed by atoms with E-state index < -0.39 is 0 Å². The molecule has 0 fully saturated rings. The molecule has 0 saturated heterocycles. The van der Waals surface area contributed by atoms with Gasteiger partial charge in [0, 0.05) is 6.42 Å². The molecule has 66 valence electrons. The van der Waals surface area contributed by atoms with Crippen molar-refractivity contribution < 1.29 is 9.59 Å². The van der Waals surface area contributed by atoms with Crippen LogP contribution in [0.4, 0.5) is 0 Å². The van der Waals surface area contributed by atoms with Crippen LogP contribution >= 0.6 is 0 Å². The van der Waals surface area contributed by atoms with Crippen molar-refractivity contribution in [1.29, 1.82) is 0 Å². The van der Waals surface area contributed by atoms with Crippen LogP contribution in [-0.2, 0) is 16.0 Å². The van der Waals surface area contributed by atoms with Crippen LogP contribution in [0.2, 0.25) is 0 Å². The average Bonchev–Trinajstić information content (AvgIpc) is 2.17. The molecule has 1 aromatic carbocycles. The van der Waals surface area contributed by atoms with Crippen LogP contribution in [0.3, 0.4) is 0 Å². The Hall–Kier alpha value is -1.70. The molecule has 13 heavy (non-hydrogen) atoms. The summed E-state index contributed by atoms with van der Waals surface area (Å²) in [5.74, 6) is 0. The molecule has 2 heteroatoms. The Kier molecular flexibility index (Phi) is 3.64. The van der Waals surface area contributed by atoms with E-state index in [1.807, 2.05) is 24.3 Å². The number of benzene rings is 1. The van der Waals surface area contributed by atoms with Crippen LogP contribution in [0.5, 0.6) is 0 Å². The van der Waals surface area contributed by atoms with E-state index in [1.165, 1.54) is 6.08 Å². The molecule has 0 atom stereocenters. The molecule has 0 spiro atoms. The quantitative estimate of drug-likeness (QED) is 0.513. The largest absolute Gasteiger partial charge is 0.303 e. The fourth-order valence-corrected chi connectivity index (χ4v) is 1.12. The van der Waals surface area contributed by atoms with Crippen molar-refractivity contribution in [3.63, 3.8) is 0 Å². The highest BCUT2D eigenvalue weighted by Gasteiger charge is 1.95. The van der Waals surface area contributed by atoms with Gasteiger partial charge in [0.25, 0.3) is 0 Å². The van der Waals surface area contributed by atoms with Gasteiger partial charge in [0.2, 0.25) is 0 Å².